The van der Waals surface area contributed by atoms with Crippen molar-refractivity contribution in [1.29, 1.82) is 0 Å². The summed E-state index contributed by atoms with van der Waals surface area (Å²) in [6.07, 6.45) is 1.81. The fourth-order valence-electron chi connectivity index (χ4n) is 2.56. The van der Waals surface area contributed by atoms with E-state index in [2.05, 4.69) is 28.1 Å². The second-order valence-electron chi connectivity index (χ2n) is 5.26. The van der Waals surface area contributed by atoms with Crippen molar-refractivity contribution < 1.29 is 4.39 Å². The fourth-order valence-corrected chi connectivity index (χ4v) is 2.56. The molecule has 21 heavy (non-hydrogen) atoms. The van der Waals surface area contributed by atoms with Gasteiger partial charge in [0.1, 0.15) is 5.82 Å². The summed E-state index contributed by atoms with van der Waals surface area (Å²) >= 11 is 0. The smallest absolute Gasteiger partial charge is 0.127 e. The van der Waals surface area contributed by atoms with Crippen LogP contribution in [0.25, 0.3) is 10.9 Å². The SMILES string of the molecule is CN(Cc1ccccc1F)Cc1cccc2cccnc12. The van der Waals surface area contributed by atoms with Gasteiger partial charge in [-0.2, -0.15) is 0 Å². The summed E-state index contributed by atoms with van der Waals surface area (Å²) in [5.74, 6) is -0.152. The maximum Gasteiger partial charge on any atom is 0.127 e. The summed E-state index contributed by atoms with van der Waals surface area (Å²) in [5.41, 5.74) is 2.89. The molecule has 0 fully saturated rings. The topological polar surface area (TPSA) is 16.1 Å². The Morgan fingerprint density at radius 1 is 0.905 bits per heavy atom. The van der Waals surface area contributed by atoms with E-state index in [4.69, 9.17) is 0 Å². The summed E-state index contributed by atoms with van der Waals surface area (Å²) in [6.45, 7) is 1.32. The third-order valence-corrected chi connectivity index (χ3v) is 3.55. The number of halogens is 1. The Labute approximate surface area is 123 Å². The Balaban J connectivity index is 1.81. The molecule has 0 bridgehead atoms. The first-order valence-electron chi connectivity index (χ1n) is 6.98. The van der Waals surface area contributed by atoms with E-state index < -0.39 is 0 Å². The molecule has 0 aliphatic rings. The highest BCUT2D eigenvalue weighted by molar-refractivity contribution is 5.81. The van der Waals surface area contributed by atoms with Crippen LogP contribution < -0.4 is 0 Å². The number of aromatic nitrogens is 1. The predicted octanol–water partition coefficient (Wildman–Crippen LogP) is 4.01. The number of nitrogens with zero attached hydrogens (tertiary/aromatic N) is 2. The summed E-state index contributed by atoms with van der Waals surface area (Å²) < 4.78 is 13.7. The van der Waals surface area contributed by atoms with Crippen LogP contribution in [0.3, 0.4) is 0 Å². The van der Waals surface area contributed by atoms with E-state index in [0.717, 1.165) is 23.0 Å². The van der Waals surface area contributed by atoms with Gasteiger partial charge in [0.2, 0.25) is 0 Å². The Kier molecular flexibility index (Phi) is 3.93. The number of hydrogen-bond donors (Lipinski definition) is 0. The second kappa shape index (κ2) is 6.02. The lowest BCUT2D eigenvalue weighted by Gasteiger charge is -2.18. The maximum absolute atomic E-state index is 13.7. The molecule has 3 heteroatoms. The third-order valence-electron chi connectivity index (χ3n) is 3.55. The largest absolute Gasteiger partial charge is 0.298 e. The molecule has 0 atom stereocenters. The summed E-state index contributed by atoms with van der Waals surface area (Å²) in [7, 11) is 1.99. The van der Waals surface area contributed by atoms with Crippen molar-refractivity contribution in [3.8, 4) is 0 Å². The highest BCUT2D eigenvalue weighted by Gasteiger charge is 2.08. The van der Waals surface area contributed by atoms with E-state index in [1.807, 2.05) is 37.5 Å². The van der Waals surface area contributed by atoms with E-state index in [1.165, 1.54) is 6.07 Å². The number of rotatable bonds is 4. The van der Waals surface area contributed by atoms with Gasteiger partial charge < -0.3 is 0 Å². The van der Waals surface area contributed by atoms with Gasteiger partial charge in [-0.15, -0.1) is 0 Å². The van der Waals surface area contributed by atoms with Crippen molar-refractivity contribution in [3.05, 3.63) is 77.7 Å². The second-order valence-corrected chi connectivity index (χ2v) is 5.26. The van der Waals surface area contributed by atoms with E-state index in [-0.39, 0.29) is 5.82 Å². The lowest BCUT2D eigenvalue weighted by atomic mass is 10.1. The van der Waals surface area contributed by atoms with Crippen molar-refractivity contribution in [2.75, 3.05) is 7.05 Å². The molecular formula is C18H17FN2. The molecule has 0 saturated carbocycles. The van der Waals surface area contributed by atoms with Crippen LogP contribution in [0.15, 0.2) is 60.8 Å². The lowest BCUT2D eigenvalue weighted by Crippen LogP contribution is -2.18. The molecule has 2 aromatic carbocycles. The molecule has 0 aliphatic heterocycles. The monoisotopic (exact) mass is 280 g/mol. The number of benzene rings is 2. The van der Waals surface area contributed by atoms with Crippen LogP contribution in [0, 0.1) is 5.82 Å². The highest BCUT2D eigenvalue weighted by atomic mass is 19.1. The summed E-state index contributed by atoms with van der Waals surface area (Å²) in [4.78, 5) is 6.56. The third kappa shape index (κ3) is 3.09. The predicted molar refractivity (Wildman–Crippen MR) is 83.3 cm³/mol. The van der Waals surface area contributed by atoms with Gasteiger partial charge in [-0.3, -0.25) is 9.88 Å². The average Bonchev–Trinajstić information content (AvgIpc) is 2.50. The van der Waals surface area contributed by atoms with Gasteiger partial charge in [-0.25, -0.2) is 4.39 Å². The minimum atomic E-state index is -0.152. The number of pyridine rings is 1. The van der Waals surface area contributed by atoms with Crippen LogP contribution in [0.2, 0.25) is 0 Å². The van der Waals surface area contributed by atoms with Gasteiger partial charge in [0.15, 0.2) is 0 Å². The summed E-state index contributed by atoms with van der Waals surface area (Å²) in [5, 5.41) is 1.13. The summed E-state index contributed by atoms with van der Waals surface area (Å²) in [6, 6.07) is 17.1. The van der Waals surface area contributed by atoms with Crippen molar-refractivity contribution in [2.24, 2.45) is 0 Å². The van der Waals surface area contributed by atoms with Crippen molar-refractivity contribution in [1.82, 2.24) is 9.88 Å². The Bertz CT molecular complexity index is 750. The van der Waals surface area contributed by atoms with Crippen LogP contribution in [-0.4, -0.2) is 16.9 Å². The highest BCUT2D eigenvalue weighted by Crippen LogP contribution is 2.18. The van der Waals surface area contributed by atoms with E-state index >= 15 is 0 Å². The number of para-hydroxylation sites is 1. The van der Waals surface area contributed by atoms with Crippen LogP contribution >= 0.6 is 0 Å². The molecule has 0 saturated heterocycles. The van der Waals surface area contributed by atoms with E-state index in [1.54, 1.807) is 6.07 Å². The minimum absolute atomic E-state index is 0.152. The number of hydrogen-bond acceptors (Lipinski definition) is 2. The first-order valence-corrected chi connectivity index (χ1v) is 6.98. The zero-order valence-electron chi connectivity index (χ0n) is 12.0. The molecule has 0 aliphatic carbocycles. The molecule has 1 heterocycles. The molecule has 2 nitrogen and oxygen atoms in total. The molecular weight excluding hydrogens is 263 g/mol. The lowest BCUT2D eigenvalue weighted by molar-refractivity contribution is 0.314. The fraction of sp³-hybridized carbons (Fsp3) is 0.167. The molecule has 0 amide bonds. The molecule has 0 unspecified atom stereocenters. The minimum Gasteiger partial charge on any atom is -0.298 e. The standard InChI is InChI=1S/C18H17FN2/c1-21(12-15-6-2-3-10-17(15)19)13-16-8-4-7-14-9-5-11-20-18(14)16/h2-11H,12-13H2,1H3. The molecule has 1 aromatic heterocycles. The van der Waals surface area contributed by atoms with Gasteiger partial charge in [-0.1, -0.05) is 42.5 Å². The van der Waals surface area contributed by atoms with Gasteiger partial charge in [0, 0.05) is 30.2 Å². The quantitative estimate of drug-likeness (QED) is 0.718. The molecule has 106 valence electrons. The van der Waals surface area contributed by atoms with Crippen molar-refractivity contribution in [3.63, 3.8) is 0 Å². The van der Waals surface area contributed by atoms with Crippen molar-refractivity contribution >= 4 is 10.9 Å². The first-order chi connectivity index (χ1) is 10.2. The van der Waals surface area contributed by atoms with E-state index in [9.17, 15) is 4.39 Å². The first kappa shape index (κ1) is 13.7. The Hall–Kier alpha value is -2.26. The number of fused-ring (bicyclic) bond motifs is 1. The van der Waals surface area contributed by atoms with E-state index in [0.29, 0.717) is 12.1 Å². The average molecular weight is 280 g/mol. The zero-order valence-corrected chi connectivity index (χ0v) is 12.0. The van der Waals surface area contributed by atoms with Gasteiger partial charge in [0.05, 0.1) is 5.52 Å². The molecule has 0 radical (unpaired) electrons. The zero-order chi connectivity index (χ0) is 14.7. The van der Waals surface area contributed by atoms with Gasteiger partial charge in [0.25, 0.3) is 0 Å². The van der Waals surface area contributed by atoms with Crippen molar-refractivity contribution in [2.45, 2.75) is 13.1 Å². The molecule has 3 aromatic rings. The van der Waals surface area contributed by atoms with Crippen LogP contribution in [0.5, 0.6) is 0 Å². The van der Waals surface area contributed by atoms with Crippen LogP contribution in [0.4, 0.5) is 4.39 Å². The van der Waals surface area contributed by atoms with Crippen LogP contribution in [0.1, 0.15) is 11.1 Å². The normalized spacial score (nSPS) is 11.2. The maximum atomic E-state index is 13.7. The van der Waals surface area contributed by atoms with Gasteiger partial charge in [-0.05, 0) is 24.7 Å². The molecule has 3 rings (SSSR count). The molecule has 0 spiro atoms. The van der Waals surface area contributed by atoms with Crippen LogP contribution in [-0.2, 0) is 13.1 Å². The Morgan fingerprint density at radius 3 is 2.48 bits per heavy atom. The van der Waals surface area contributed by atoms with Gasteiger partial charge >= 0.3 is 0 Å². The molecule has 0 N–H and O–H groups in total. The Morgan fingerprint density at radius 2 is 1.62 bits per heavy atom.